The number of carbonyl (C=O) groups is 2. The molecule has 0 aromatic heterocycles. The van der Waals surface area contributed by atoms with Crippen LogP contribution in [-0.2, 0) is 142 Å². The van der Waals surface area contributed by atoms with Gasteiger partial charge in [0.1, 0.15) is 43.2 Å². The number of rotatable bonds is 28. The van der Waals surface area contributed by atoms with E-state index in [0.29, 0.717) is 5.56 Å². The number of nitrogens with one attached hydrogen (secondary N) is 1. The third-order valence-corrected chi connectivity index (χ3v) is 11.5. The molecule has 0 saturated carbocycles. The molecule has 10 atom stereocenters. The second-order valence-electron chi connectivity index (χ2n) is 13.4. The Morgan fingerprint density at radius 3 is 1.43 bits per heavy atom. The maximum atomic E-state index is 13.5. The topological polar surface area (TPSA) is 541 Å². The molecule has 44 heteroatoms. The van der Waals surface area contributed by atoms with E-state index < -0.39 is 186 Å². The minimum absolute atomic E-state index is 0.368. The maximum Gasteiger partial charge on any atom is 0.397 e. The Labute approximate surface area is 397 Å². The third kappa shape index (κ3) is 22.9. The van der Waals surface area contributed by atoms with E-state index in [0.717, 1.165) is 12.0 Å². The first-order chi connectivity index (χ1) is 31.8. The molecule has 0 bridgehead atoms. The summed E-state index contributed by atoms with van der Waals surface area (Å²) in [4.78, 5) is 27.5. The van der Waals surface area contributed by atoms with Gasteiger partial charge >= 0.3 is 72.8 Å². The molecule has 8 N–H and O–H groups in total. The molecule has 10 unspecified atom stereocenters. The number of nitrogens with zero attached hydrogens (tertiary/aromatic N) is 1. The molecule has 2 fully saturated rings. The fourth-order valence-corrected chi connectivity index (χ4v) is 9.28. The highest BCUT2D eigenvalue weighted by molar-refractivity contribution is 7.82. The number of ether oxygens (including phenoxy) is 5. The van der Waals surface area contributed by atoms with Gasteiger partial charge in [-0.25, -0.2) is 29.3 Å². The second-order valence-corrected chi connectivity index (χ2v) is 20.8. The zero-order valence-electron chi connectivity index (χ0n) is 34.5. The van der Waals surface area contributed by atoms with Gasteiger partial charge in [-0.15, -0.1) is 0 Å². The minimum atomic E-state index is -5.85. The first-order valence-corrected chi connectivity index (χ1v) is 27.5. The van der Waals surface area contributed by atoms with Gasteiger partial charge in [-0.2, -0.15) is 58.9 Å². The van der Waals surface area contributed by atoms with Crippen molar-refractivity contribution < 1.29 is 153 Å². The lowest BCUT2D eigenvalue weighted by Crippen LogP contribution is -2.63. The van der Waals surface area contributed by atoms with Crippen LogP contribution in [0, 0.1) is 0 Å². The lowest BCUT2D eigenvalue weighted by Gasteiger charge is -2.43. The predicted octanol–water partition coefficient (Wildman–Crippen LogP) is -5.79. The fourth-order valence-electron chi connectivity index (χ4n) is 5.99. The molecule has 1 aromatic carbocycles. The molecule has 2 heterocycles. The molecular weight excluding hydrogens is 1120 g/mol. The van der Waals surface area contributed by atoms with Crippen LogP contribution in [0.5, 0.6) is 0 Å². The van der Waals surface area contributed by atoms with Crippen LogP contribution in [0.15, 0.2) is 30.3 Å². The van der Waals surface area contributed by atoms with E-state index in [4.69, 9.17) is 28.2 Å². The number of methoxy groups -OCH3 is 1. The van der Waals surface area contributed by atoms with Crippen molar-refractivity contribution in [1.29, 1.82) is 0 Å². The van der Waals surface area contributed by atoms with Crippen LogP contribution in [0.4, 0.5) is 0 Å². The summed E-state index contributed by atoms with van der Waals surface area (Å²) >= 11 is 0. The van der Waals surface area contributed by atoms with E-state index in [1.54, 1.807) is 6.07 Å². The summed E-state index contributed by atoms with van der Waals surface area (Å²) in [7, 11) is -39.1. The smallest absolute Gasteiger partial charge is 0.369 e. The average Bonchev–Trinajstić information content (AvgIpc) is 3.16. The molecule has 70 heavy (non-hydrogen) atoms. The van der Waals surface area contributed by atoms with Gasteiger partial charge in [-0.05, 0) is 5.56 Å². The molecular formula is C26H40N2O35S7. The number of hydrogen-bond acceptors (Lipinski definition) is 28. The van der Waals surface area contributed by atoms with Crippen molar-refractivity contribution in [3.05, 3.63) is 35.9 Å². The van der Waals surface area contributed by atoms with E-state index in [1.807, 2.05) is 0 Å². The summed E-state index contributed by atoms with van der Waals surface area (Å²) in [5, 5.41) is 2.20. The Bertz CT molecular complexity index is 2740. The van der Waals surface area contributed by atoms with Crippen molar-refractivity contribution >= 4 is 84.6 Å². The molecule has 2 saturated heterocycles. The molecule has 0 spiro atoms. The second kappa shape index (κ2) is 24.9. The van der Waals surface area contributed by atoms with Crippen LogP contribution in [0.25, 0.3) is 0 Å². The van der Waals surface area contributed by atoms with Crippen LogP contribution in [0.1, 0.15) is 5.56 Å². The van der Waals surface area contributed by atoms with E-state index in [1.165, 1.54) is 24.3 Å². The van der Waals surface area contributed by atoms with E-state index in [9.17, 15) is 95.8 Å². The van der Waals surface area contributed by atoms with Gasteiger partial charge in [0.15, 0.2) is 24.8 Å². The summed E-state index contributed by atoms with van der Waals surface area (Å²) in [6.07, 6.45) is -25.3. The highest BCUT2D eigenvalue weighted by Crippen LogP contribution is 2.33. The van der Waals surface area contributed by atoms with Crippen molar-refractivity contribution in [2.75, 3.05) is 46.6 Å². The molecule has 1 aromatic rings. The van der Waals surface area contributed by atoms with Gasteiger partial charge < -0.3 is 33.9 Å². The minimum Gasteiger partial charge on any atom is -0.369 e. The van der Waals surface area contributed by atoms with Gasteiger partial charge in [0.25, 0.3) is 0 Å². The van der Waals surface area contributed by atoms with Crippen molar-refractivity contribution in [2.45, 2.75) is 68.0 Å². The SMILES string of the molecule is COC1OC(COCC(=O)N(CC(=O)NCCOC2OC(COS(=O)(=O)O)C(OS(=O)(=O)O)C(OS(=O)(=O)O)C2OS(=O)(=O)O)Cc2ccccc2)C(OS(=O)(=O)O)C(OS(=O)(=O)O)C1OS(=O)(=O)O. The summed E-state index contributed by atoms with van der Waals surface area (Å²) < 4.78 is 283. The fraction of sp³-hybridized carbons (Fsp3) is 0.692. The van der Waals surface area contributed by atoms with Crippen molar-refractivity contribution in [2.24, 2.45) is 0 Å². The van der Waals surface area contributed by atoms with Gasteiger partial charge in [0.05, 0.1) is 26.4 Å². The first-order valence-electron chi connectivity index (χ1n) is 18.0. The van der Waals surface area contributed by atoms with Crippen LogP contribution >= 0.6 is 0 Å². The normalized spacial score (nSPS) is 26.3. The number of amides is 2. The highest BCUT2D eigenvalue weighted by atomic mass is 32.3. The number of hydrogen-bond donors (Lipinski definition) is 8. The highest BCUT2D eigenvalue weighted by Gasteiger charge is 2.55. The Morgan fingerprint density at radius 2 is 0.986 bits per heavy atom. The summed E-state index contributed by atoms with van der Waals surface area (Å²) in [6, 6.07) is 7.58. The molecule has 2 aliphatic heterocycles. The van der Waals surface area contributed by atoms with Crippen molar-refractivity contribution in [3.63, 3.8) is 0 Å². The van der Waals surface area contributed by atoms with Crippen molar-refractivity contribution in [1.82, 2.24) is 10.2 Å². The van der Waals surface area contributed by atoms with Crippen LogP contribution < -0.4 is 5.32 Å². The van der Waals surface area contributed by atoms with E-state index in [2.05, 4.69) is 34.6 Å². The maximum absolute atomic E-state index is 13.5. The quantitative estimate of drug-likeness (QED) is 0.0286. The van der Waals surface area contributed by atoms with Crippen molar-refractivity contribution in [3.8, 4) is 0 Å². The van der Waals surface area contributed by atoms with Gasteiger partial charge in [-0.3, -0.25) is 41.5 Å². The lowest BCUT2D eigenvalue weighted by atomic mass is 9.99. The Hall–Kier alpha value is -2.95. The van der Waals surface area contributed by atoms with Crippen LogP contribution in [-0.4, -0.2) is 216 Å². The van der Waals surface area contributed by atoms with Gasteiger partial charge in [0, 0.05) is 20.2 Å². The first kappa shape index (κ1) is 61.4. The molecule has 3 rings (SSSR count). The van der Waals surface area contributed by atoms with Gasteiger partial charge in [0.2, 0.25) is 11.8 Å². The van der Waals surface area contributed by atoms with Gasteiger partial charge in [-0.1, -0.05) is 30.3 Å². The third-order valence-electron chi connectivity index (χ3n) is 8.31. The van der Waals surface area contributed by atoms with Crippen LogP contribution in [0.3, 0.4) is 0 Å². The Balaban J connectivity index is 1.83. The standard InChI is InChI=1S/C26H40N2O35S7/c1-52-25-23(62-69(46,47)48)21(60-67(40,41)42)19(58-65(34,35)36)15(56-25)11-53-13-18(30)28(9-14-5-3-2-4-6-14)10-17(29)27-7-8-54-26-24(63-70(49,50)51)22(61-68(43,44)45)20(59-66(37,38)39)16(57-26)12-55-64(31,32)33/h2-6,15-16,19-26H,7-13H2,1H3,(H,27,29)(H,31,32,33)(H,34,35,36)(H,37,38,39)(H,40,41,42)(H,43,44,45)(H,46,47,48)(H,49,50,51). The molecule has 2 amide bonds. The number of carbonyl (C=O) groups excluding carboxylic acids is 2. The Morgan fingerprint density at radius 1 is 0.571 bits per heavy atom. The monoisotopic (exact) mass is 1160 g/mol. The lowest BCUT2D eigenvalue weighted by molar-refractivity contribution is -0.285. The molecule has 37 nitrogen and oxygen atoms in total. The largest absolute Gasteiger partial charge is 0.397 e. The molecule has 406 valence electrons. The summed E-state index contributed by atoms with van der Waals surface area (Å²) in [5.74, 6) is -2.14. The zero-order chi connectivity index (χ0) is 53.3. The average molecular weight is 1170 g/mol. The number of benzene rings is 1. The molecule has 0 radical (unpaired) electrons. The Kier molecular flexibility index (Phi) is 21.8. The van der Waals surface area contributed by atoms with E-state index in [-0.39, 0.29) is 6.54 Å². The van der Waals surface area contributed by atoms with E-state index >= 15 is 0 Å². The summed E-state index contributed by atoms with van der Waals surface area (Å²) in [5.41, 5.74) is 0.368. The predicted molar refractivity (Wildman–Crippen MR) is 212 cm³/mol. The summed E-state index contributed by atoms with van der Waals surface area (Å²) in [6.45, 7) is -6.65. The molecule has 2 aliphatic rings. The zero-order valence-corrected chi connectivity index (χ0v) is 40.2. The van der Waals surface area contributed by atoms with Crippen LogP contribution in [0.2, 0.25) is 0 Å². The molecule has 0 aliphatic carbocycles.